The molecule has 0 saturated carbocycles. The molecular formula is C26H30NO7+. The Labute approximate surface area is 199 Å². The quantitative estimate of drug-likeness (QED) is 0.406. The number of carbonyl (C=O) groups excluding carboxylic acids is 2. The van der Waals surface area contributed by atoms with Gasteiger partial charge in [0.15, 0.2) is 23.0 Å². The van der Waals surface area contributed by atoms with Crippen LogP contribution >= 0.6 is 0 Å². The minimum absolute atomic E-state index is 0.268. The van der Waals surface area contributed by atoms with E-state index in [1.54, 1.807) is 75.7 Å². The summed E-state index contributed by atoms with van der Waals surface area (Å²) in [6.07, 6.45) is 6.42. The van der Waals surface area contributed by atoms with E-state index in [0.29, 0.717) is 34.2 Å². The van der Waals surface area contributed by atoms with Gasteiger partial charge in [0, 0.05) is 17.7 Å². The lowest BCUT2D eigenvalue weighted by atomic mass is 10.00. The van der Waals surface area contributed by atoms with E-state index in [4.69, 9.17) is 23.7 Å². The Morgan fingerprint density at radius 1 is 0.765 bits per heavy atom. The zero-order valence-electron chi connectivity index (χ0n) is 20.5. The Bertz CT molecular complexity index is 1120. The van der Waals surface area contributed by atoms with Crippen molar-refractivity contribution >= 4 is 17.6 Å². The SMILES string of the molecule is COc1ccc([N+]2(C(=O)OC(C)(C)C)C=CC=C2)cc1C(=O)c1cc(OC)c(OC)c(OC)c1. The summed E-state index contributed by atoms with van der Waals surface area (Å²) in [4.78, 5) is 26.9. The summed E-state index contributed by atoms with van der Waals surface area (Å²) in [5.41, 5.74) is 0.412. The van der Waals surface area contributed by atoms with E-state index >= 15 is 0 Å². The van der Waals surface area contributed by atoms with Crippen LogP contribution in [-0.2, 0) is 4.74 Å². The number of methoxy groups -OCH3 is 4. The molecule has 0 atom stereocenters. The summed E-state index contributed by atoms with van der Waals surface area (Å²) >= 11 is 0. The number of benzene rings is 2. The molecule has 1 aliphatic rings. The van der Waals surface area contributed by atoms with E-state index in [1.165, 1.54) is 28.4 Å². The number of amides is 1. The number of rotatable bonds is 7. The second-order valence-corrected chi connectivity index (χ2v) is 8.57. The van der Waals surface area contributed by atoms with Crippen LogP contribution in [0.15, 0.2) is 54.9 Å². The summed E-state index contributed by atoms with van der Waals surface area (Å²) in [6, 6.07) is 8.17. The van der Waals surface area contributed by atoms with Crippen molar-refractivity contribution in [2.75, 3.05) is 28.4 Å². The molecule has 0 unspecified atom stereocenters. The number of ether oxygens (including phenoxy) is 5. The second-order valence-electron chi connectivity index (χ2n) is 8.57. The highest BCUT2D eigenvalue weighted by molar-refractivity contribution is 6.12. The monoisotopic (exact) mass is 468 g/mol. The Morgan fingerprint density at radius 3 is 1.79 bits per heavy atom. The Morgan fingerprint density at radius 2 is 1.32 bits per heavy atom. The number of allylic oxidation sites excluding steroid dienone is 2. The van der Waals surface area contributed by atoms with Crippen LogP contribution in [0, 0.1) is 0 Å². The molecule has 0 bridgehead atoms. The molecule has 2 aromatic carbocycles. The van der Waals surface area contributed by atoms with Gasteiger partial charge in [0.1, 0.15) is 23.8 Å². The zero-order chi connectivity index (χ0) is 25.1. The number of carbonyl (C=O) groups is 2. The van der Waals surface area contributed by atoms with Crippen LogP contribution in [-0.4, -0.2) is 45.9 Å². The first kappa shape index (κ1) is 24.9. The highest BCUT2D eigenvalue weighted by atomic mass is 16.6. The maximum atomic E-state index is 13.6. The van der Waals surface area contributed by atoms with Crippen LogP contribution in [0.3, 0.4) is 0 Å². The molecule has 0 N–H and O–H groups in total. The number of hydrogen-bond donors (Lipinski definition) is 0. The molecule has 0 saturated heterocycles. The minimum Gasteiger partial charge on any atom is -0.496 e. The second kappa shape index (κ2) is 9.61. The third kappa shape index (κ3) is 4.63. The molecule has 1 amide bonds. The third-order valence-electron chi connectivity index (χ3n) is 5.23. The van der Waals surface area contributed by atoms with E-state index in [0.717, 1.165) is 0 Å². The molecule has 0 radical (unpaired) electrons. The smallest absolute Gasteiger partial charge is 0.496 e. The highest BCUT2D eigenvalue weighted by Gasteiger charge is 2.42. The first-order valence-electron chi connectivity index (χ1n) is 10.6. The molecule has 8 nitrogen and oxygen atoms in total. The molecule has 180 valence electrons. The number of nitrogens with zero attached hydrogens (tertiary/aromatic N) is 1. The van der Waals surface area contributed by atoms with Gasteiger partial charge in [-0.15, -0.1) is 4.48 Å². The van der Waals surface area contributed by atoms with Crippen LogP contribution in [0.4, 0.5) is 10.5 Å². The summed E-state index contributed by atoms with van der Waals surface area (Å²) in [6.45, 7) is 5.41. The maximum Gasteiger partial charge on any atom is 0.531 e. The van der Waals surface area contributed by atoms with Crippen LogP contribution in [0.1, 0.15) is 36.7 Å². The molecule has 0 aromatic heterocycles. The summed E-state index contributed by atoms with van der Waals surface area (Å²) < 4.78 is 27.0. The van der Waals surface area contributed by atoms with Crippen molar-refractivity contribution in [3.8, 4) is 23.0 Å². The van der Waals surface area contributed by atoms with Crippen molar-refractivity contribution in [3.63, 3.8) is 0 Å². The van der Waals surface area contributed by atoms with Gasteiger partial charge in [-0.2, -0.15) is 4.79 Å². The maximum absolute atomic E-state index is 13.6. The number of ketones is 1. The van der Waals surface area contributed by atoms with Gasteiger partial charge in [-0.3, -0.25) is 4.79 Å². The molecule has 0 fully saturated rings. The standard InChI is InChI=1S/C26H30NO7/c1-26(2,3)34-25(29)27(12-8-9-13-27)18-10-11-20(30-4)19(16-18)23(28)17-14-21(31-5)24(33-7)22(15-17)32-6/h8-16H,1-7H3/q+1. The van der Waals surface area contributed by atoms with E-state index in [2.05, 4.69) is 0 Å². The number of quaternary nitrogens is 1. The van der Waals surface area contributed by atoms with Crippen LogP contribution < -0.4 is 23.4 Å². The minimum atomic E-state index is -0.687. The number of hydrogen-bond acceptors (Lipinski definition) is 7. The Kier molecular flexibility index (Phi) is 7.02. The van der Waals surface area contributed by atoms with Crippen molar-refractivity contribution < 1.29 is 33.3 Å². The largest absolute Gasteiger partial charge is 0.531 e. The van der Waals surface area contributed by atoms with E-state index < -0.39 is 11.7 Å². The van der Waals surface area contributed by atoms with E-state index in [9.17, 15) is 9.59 Å². The fourth-order valence-electron chi connectivity index (χ4n) is 3.63. The lowest BCUT2D eigenvalue weighted by Gasteiger charge is -2.29. The highest BCUT2D eigenvalue weighted by Crippen LogP contribution is 2.40. The van der Waals surface area contributed by atoms with Gasteiger partial charge >= 0.3 is 6.09 Å². The molecular weight excluding hydrogens is 438 g/mol. The molecule has 1 aliphatic heterocycles. The first-order chi connectivity index (χ1) is 16.1. The Hall–Kier alpha value is -3.78. The van der Waals surface area contributed by atoms with Crippen molar-refractivity contribution in [3.05, 3.63) is 66.0 Å². The molecule has 34 heavy (non-hydrogen) atoms. The van der Waals surface area contributed by atoms with E-state index in [1.807, 2.05) is 0 Å². The van der Waals surface area contributed by atoms with Gasteiger partial charge in [-0.1, -0.05) is 0 Å². The average Bonchev–Trinajstić information content (AvgIpc) is 3.32. The predicted molar refractivity (Wildman–Crippen MR) is 129 cm³/mol. The molecule has 3 rings (SSSR count). The van der Waals surface area contributed by atoms with Crippen molar-refractivity contribution in [1.82, 2.24) is 4.48 Å². The van der Waals surface area contributed by atoms with Gasteiger partial charge in [0.25, 0.3) is 0 Å². The molecule has 0 spiro atoms. The topological polar surface area (TPSA) is 80.3 Å². The van der Waals surface area contributed by atoms with E-state index in [-0.39, 0.29) is 15.8 Å². The van der Waals surface area contributed by atoms with Gasteiger partial charge in [-0.05, 0) is 51.1 Å². The lowest BCUT2D eigenvalue weighted by molar-refractivity contribution is 0.0408. The molecule has 2 aromatic rings. The summed E-state index contributed by atoms with van der Waals surface area (Å²) in [5, 5.41) is 0. The average molecular weight is 469 g/mol. The zero-order valence-corrected chi connectivity index (χ0v) is 20.5. The van der Waals surface area contributed by atoms with Crippen molar-refractivity contribution in [2.24, 2.45) is 0 Å². The summed E-state index contributed by atoms with van der Waals surface area (Å²) in [5.74, 6) is 1.10. The summed E-state index contributed by atoms with van der Waals surface area (Å²) in [7, 11) is 5.93. The van der Waals surface area contributed by atoms with Crippen LogP contribution in [0.2, 0.25) is 0 Å². The third-order valence-corrected chi connectivity index (χ3v) is 5.23. The molecule has 1 heterocycles. The van der Waals surface area contributed by atoms with Crippen LogP contribution in [0.5, 0.6) is 23.0 Å². The predicted octanol–water partition coefficient (Wildman–Crippen LogP) is 5.24. The molecule has 8 heteroatoms. The van der Waals surface area contributed by atoms with Crippen LogP contribution in [0.25, 0.3) is 0 Å². The van der Waals surface area contributed by atoms with Gasteiger partial charge in [0.05, 0.1) is 34.0 Å². The lowest BCUT2D eigenvalue weighted by Crippen LogP contribution is -2.46. The van der Waals surface area contributed by atoms with Gasteiger partial charge in [-0.25, -0.2) is 0 Å². The Balaban J connectivity index is 2.14. The fourth-order valence-corrected chi connectivity index (χ4v) is 3.63. The normalized spacial score (nSPS) is 14.0. The van der Waals surface area contributed by atoms with Crippen molar-refractivity contribution in [2.45, 2.75) is 26.4 Å². The fraction of sp³-hybridized carbons (Fsp3) is 0.308. The first-order valence-corrected chi connectivity index (χ1v) is 10.6. The van der Waals surface area contributed by atoms with Gasteiger partial charge in [0.2, 0.25) is 5.75 Å². The van der Waals surface area contributed by atoms with Gasteiger partial charge < -0.3 is 23.7 Å². The van der Waals surface area contributed by atoms with Crippen molar-refractivity contribution in [1.29, 1.82) is 0 Å². The molecule has 0 aliphatic carbocycles.